The average Bonchev–Trinajstić information content (AvgIpc) is 3.89. The van der Waals surface area contributed by atoms with Crippen LogP contribution in [0.1, 0.15) is 52.5 Å². The van der Waals surface area contributed by atoms with E-state index in [1.54, 1.807) is 30.3 Å². The first-order chi connectivity index (χ1) is 35.1. The minimum absolute atomic E-state index is 0.0314. The maximum Gasteiger partial charge on any atom is 0.256 e. The topological polar surface area (TPSA) is 268 Å². The van der Waals surface area contributed by atoms with Crippen LogP contribution in [-0.2, 0) is 30.2 Å². The standard InChI is InChI=1S/C49H60F2N9O12P/c1-29(46(64)53-11-10-52-44(62)9-12-61)57-47(65)39(17-30-7-5-4-6-8-30)58-45(63)26-56-73(68,15-13-71-42-22-37-35(20-40(42)69-2)48(66)59-27-31(50)18-33(59)24-54-37)16-14-72-43-23-38-36(21-41(43)70-3)49(67)60-28-32(51)19-34(60)25-55-38/h4-8,20-25,29,31-34,39,61H,9-19,26-28H2,1-3H3,(H,52,62)(H,53,64)(H,56,68)(H,57,65)(H,58,63)/t29-,31+,32+,33-,34+,39-,73?/m0/s1. The van der Waals surface area contributed by atoms with Gasteiger partial charge in [-0.3, -0.25) is 43.8 Å². The summed E-state index contributed by atoms with van der Waals surface area (Å²) < 4.78 is 66.9. The summed E-state index contributed by atoms with van der Waals surface area (Å²) in [5.74, 6) is -2.47. The summed E-state index contributed by atoms with van der Waals surface area (Å²) >= 11 is 0. The molecule has 392 valence electrons. The number of carbonyl (C=O) groups is 6. The molecule has 6 amide bonds. The number of aliphatic hydroxyl groups excluding tert-OH is 1. The smallest absolute Gasteiger partial charge is 0.256 e. The predicted molar refractivity (Wildman–Crippen MR) is 265 cm³/mol. The van der Waals surface area contributed by atoms with Gasteiger partial charge in [-0.2, -0.15) is 0 Å². The Hall–Kier alpha value is -6.97. The molecule has 4 aliphatic rings. The number of benzene rings is 3. The number of halogens is 2. The Morgan fingerprint density at radius 2 is 1.29 bits per heavy atom. The monoisotopic (exact) mass is 1040 g/mol. The van der Waals surface area contributed by atoms with Gasteiger partial charge in [0.1, 0.15) is 24.4 Å². The summed E-state index contributed by atoms with van der Waals surface area (Å²) in [4.78, 5) is 90.7. The number of aliphatic imine (C=N–C) groups is 2. The first kappa shape index (κ1) is 53.8. The second kappa shape index (κ2) is 24.6. The van der Waals surface area contributed by atoms with E-state index in [1.807, 2.05) is 0 Å². The van der Waals surface area contributed by atoms with Crippen LogP contribution < -0.4 is 45.3 Å². The van der Waals surface area contributed by atoms with Crippen molar-refractivity contribution in [2.45, 2.75) is 69.1 Å². The molecule has 4 heterocycles. The molecule has 0 aliphatic carbocycles. The van der Waals surface area contributed by atoms with E-state index in [0.717, 1.165) is 0 Å². The number of carbonyl (C=O) groups excluding carboxylic acids is 6. The van der Waals surface area contributed by atoms with Gasteiger partial charge in [0.15, 0.2) is 30.3 Å². The molecule has 7 atom stereocenters. The second-order valence-electron chi connectivity index (χ2n) is 17.8. The van der Waals surface area contributed by atoms with Crippen molar-refractivity contribution in [3.63, 3.8) is 0 Å². The SMILES string of the molecule is COc1cc2c(cc1OCCP(=O)(CCOc1cc3c(cc1OC)C(=O)N1C[C@H](F)C[C@@H]1C=N3)NCC(=O)N[C@@H](Cc1ccccc1)C(=O)N[C@@H](C)C(=O)NCCNC(=O)CCO)N=C[C@@H]1C[C@@H](F)CN1C2=O. The van der Waals surface area contributed by atoms with Gasteiger partial charge in [-0.1, -0.05) is 30.3 Å². The van der Waals surface area contributed by atoms with Crippen molar-refractivity contribution in [3.8, 4) is 23.0 Å². The summed E-state index contributed by atoms with van der Waals surface area (Å²) in [5, 5.41) is 22.3. The third-order valence-corrected chi connectivity index (χ3v) is 15.2. The number of nitrogens with one attached hydrogen (secondary N) is 5. The van der Waals surface area contributed by atoms with Crippen molar-refractivity contribution < 1.29 is 66.2 Å². The fourth-order valence-electron chi connectivity index (χ4n) is 8.72. The number of rotatable bonds is 24. The lowest BCUT2D eigenvalue weighted by Gasteiger charge is -2.24. The number of aliphatic hydroxyl groups is 1. The van der Waals surface area contributed by atoms with Crippen LogP contribution in [0.2, 0.25) is 0 Å². The number of hydrogen-bond acceptors (Lipinski definition) is 14. The summed E-state index contributed by atoms with van der Waals surface area (Å²) in [6, 6.07) is 11.5. The number of methoxy groups -OCH3 is 2. The molecular formula is C49H60F2N9O12P. The number of alkyl halides is 2. The Balaban J connectivity index is 1.05. The first-order valence-electron chi connectivity index (χ1n) is 23.9. The van der Waals surface area contributed by atoms with Crippen molar-refractivity contribution in [1.29, 1.82) is 0 Å². The Morgan fingerprint density at radius 1 is 0.753 bits per heavy atom. The zero-order valence-electron chi connectivity index (χ0n) is 40.6. The van der Waals surface area contributed by atoms with E-state index in [0.29, 0.717) is 5.56 Å². The lowest BCUT2D eigenvalue weighted by molar-refractivity contribution is -0.131. The lowest BCUT2D eigenvalue weighted by Crippen LogP contribution is -2.54. The van der Waals surface area contributed by atoms with Gasteiger partial charge < -0.3 is 59.7 Å². The van der Waals surface area contributed by atoms with Crippen molar-refractivity contribution in [1.82, 2.24) is 36.2 Å². The number of ether oxygens (including phenoxy) is 4. The van der Waals surface area contributed by atoms with Gasteiger partial charge in [-0.05, 0) is 24.6 Å². The van der Waals surface area contributed by atoms with Crippen LogP contribution in [-0.4, -0.2) is 178 Å². The Kier molecular flexibility index (Phi) is 18.2. The van der Waals surface area contributed by atoms with Crippen LogP contribution in [0.4, 0.5) is 20.2 Å². The van der Waals surface area contributed by atoms with E-state index < -0.39 is 79.9 Å². The molecule has 2 saturated heterocycles. The molecule has 2 fully saturated rings. The molecular weight excluding hydrogens is 976 g/mol. The van der Waals surface area contributed by atoms with Crippen LogP contribution in [0, 0.1) is 0 Å². The Morgan fingerprint density at radius 3 is 1.81 bits per heavy atom. The molecule has 3 aromatic rings. The van der Waals surface area contributed by atoms with E-state index >= 15 is 0 Å². The summed E-state index contributed by atoms with van der Waals surface area (Å²) in [6.07, 6.45) is 0.526. The maximum atomic E-state index is 15.0. The van der Waals surface area contributed by atoms with Gasteiger partial charge in [0, 0.05) is 75.7 Å². The van der Waals surface area contributed by atoms with E-state index in [9.17, 15) is 42.1 Å². The van der Waals surface area contributed by atoms with E-state index in [-0.39, 0.29) is 135 Å². The predicted octanol–water partition coefficient (Wildman–Crippen LogP) is 2.41. The Labute approximate surface area is 420 Å². The van der Waals surface area contributed by atoms with E-state index in [2.05, 4.69) is 36.3 Å². The van der Waals surface area contributed by atoms with Gasteiger partial charge in [-0.15, -0.1) is 0 Å². The number of amides is 6. The van der Waals surface area contributed by atoms with Crippen LogP contribution in [0.25, 0.3) is 0 Å². The quantitative estimate of drug-likeness (QED) is 0.0557. The molecule has 0 saturated carbocycles. The molecule has 73 heavy (non-hydrogen) atoms. The lowest BCUT2D eigenvalue weighted by atomic mass is 10.0. The number of fused-ring (bicyclic) bond motifs is 4. The Bertz CT molecular complexity index is 2530. The van der Waals surface area contributed by atoms with Gasteiger partial charge in [0.2, 0.25) is 23.6 Å². The van der Waals surface area contributed by atoms with Crippen LogP contribution in [0.3, 0.4) is 0 Å². The van der Waals surface area contributed by atoms with Crippen molar-refractivity contribution in [3.05, 3.63) is 71.3 Å². The highest BCUT2D eigenvalue weighted by Gasteiger charge is 2.39. The fraction of sp³-hybridized carbons (Fsp3) is 0.469. The highest BCUT2D eigenvalue weighted by Crippen LogP contribution is 2.44. The van der Waals surface area contributed by atoms with E-state index in [4.69, 9.17) is 24.1 Å². The van der Waals surface area contributed by atoms with Crippen LogP contribution >= 0.6 is 7.29 Å². The minimum atomic E-state index is -3.69. The average molecular weight is 1040 g/mol. The first-order valence-corrected chi connectivity index (χ1v) is 26.0. The highest BCUT2D eigenvalue weighted by atomic mass is 31.2. The molecule has 24 heteroatoms. The van der Waals surface area contributed by atoms with Gasteiger partial charge in [-0.25, -0.2) is 8.78 Å². The summed E-state index contributed by atoms with van der Waals surface area (Å²) in [7, 11) is -0.931. The zero-order chi connectivity index (χ0) is 52.2. The molecule has 21 nitrogen and oxygen atoms in total. The molecule has 1 unspecified atom stereocenters. The third kappa shape index (κ3) is 13.8. The molecule has 0 bridgehead atoms. The number of nitrogens with zero attached hydrogens (tertiary/aromatic N) is 4. The number of hydrogen-bond donors (Lipinski definition) is 6. The highest BCUT2D eigenvalue weighted by molar-refractivity contribution is 7.62. The van der Waals surface area contributed by atoms with Gasteiger partial charge >= 0.3 is 0 Å². The molecule has 6 N–H and O–H groups in total. The largest absolute Gasteiger partial charge is 0.493 e. The normalized spacial score (nSPS) is 20.2. The second-order valence-corrected chi connectivity index (χ2v) is 20.8. The minimum Gasteiger partial charge on any atom is -0.493 e. The van der Waals surface area contributed by atoms with E-state index in [1.165, 1.54) is 67.6 Å². The molecule has 4 aliphatic heterocycles. The molecule has 7 rings (SSSR count). The molecule has 0 aromatic heterocycles. The summed E-state index contributed by atoms with van der Waals surface area (Å²) in [5.41, 5.74) is 1.63. The van der Waals surface area contributed by atoms with Gasteiger partial charge in [0.05, 0.1) is 88.3 Å². The van der Waals surface area contributed by atoms with Crippen LogP contribution in [0.5, 0.6) is 23.0 Å². The summed E-state index contributed by atoms with van der Waals surface area (Å²) in [6.45, 7) is 0.203. The van der Waals surface area contributed by atoms with Crippen molar-refractivity contribution in [2.75, 3.05) is 79.1 Å². The molecule has 0 radical (unpaired) electrons. The van der Waals surface area contributed by atoms with Crippen molar-refractivity contribution >= 4 is 66.5 Å². The van der Waals surface area contributed by atoms with Crippen LogP contribution in [0.15, 0.2) is 64.6 Å². The molecule has 3 aromatic carbocycles. The maximum absolute atomic E-state index is 15.0. The molecule has 0 spiro atoms. The third-order valence-electron chi connectivity index (χ3n) is 12.6. The van der Waals surface area contributed by atoms with Gasteiger partial charge in [0.25, 0.3) is 11.8 Å². The fourth-order valence-corrected chi connectivity index (χ4v) is 10.5. The van der Waals surface area contributed by atoms with Crippen molar-refractivity contribution in [2.24, 2.45) is 9.98 Å². The zero-order valence-corrected chi connectivity index (χ0v) is 41.5.